The lowest BCUT2D eigenvalue weighted by Crippen LogP contribution is -2.44. The third-order valence-electron chi connectivity index (χ3n) is 11.7. The first kappa shape index (κ1) is 66.0. The molecular weight excluding hydrogens is 933 g/mol. The minimum absolute atomic E-state index is 0.00619. The Balaban J connectivity index is 1.80. The number of aliphatic carboxylic acids is 1. The van der Waals surface area contributed by atoms with E-state index in [1.807, 2.05) is 0 Å². The molecule has 0 saturated heterocycles. The maximum Gasteiger partial charge on any atom is 0.303 e. The molecule has 0 aliphatic carbocycles. The highest BCUT2D eigenvalue weighted by molar-refractivity contribution is 5.87. The standard InChI is InChI=1S/C52H92N6O14/c1-43(59)48(57-38-49(62)47(53)36-44-37-54-42-58-44)23-16-17-25-55-50(63)40-71-34-31-68-28-19-22-46(61)39-70-33-32-69-29-26-56-51(64)41-72-35-30-67-27-18-21-45(60)20-14-12-10-8-6-4-2-3-5-7-9-11-13-15-24-52(65)66/h37,42,47-48,57H,2-36,38-41,53H2,1H3,(H,54,58)(H,55,63)(H,56,64)(H,65,66)/t47-,48-/m0/s1. The Hall–Kier alpha value is -4.02. The number of carboxylic acid groups (broad SMARTS) is 1. The van der Waals surface area contributed by atoms with Gasteiger partial charge in [-0.3, -0.25) is 33.6 Å². The smallest absolute Gasteiger partial charge is 0.303 e. The van der Waals surface area contributed by atoms with Crippen molar-refractivity contribution in [2.75, 3.05) is 98.9 Å². The number of amides is 2. The lowest BCUT2D eigenvalue weighted by Gasteiger charge is -2.17. The first-order valence-electron chi connectivity index (χ1n) is 26.7. The van der Waals surface area contributed by atoms with Gasteiger partial charge in [0.15, 0.2) is 11.6 Å². The summed E-state index contributed by atoms with van der Waals surface area (Å²) in [7, 11) is 0. The number of carbonyl (C=O) groups excluding carboxylic acids is 6. The van der Waals surface area contributed by atoms with E-state index in [4.69, 9.17) is 39.3 Å². The minimum atomic E-state index is -0.700. The number of nitrogens with one attached hydrogen (secondary N) is 4. The van der Waals surface area contributed by atoms with Gasteiger partial charge in [-0.15, -0.1) is 0 Å². The van der Waals surface area contributed by atoms with E-state index in [0.717, 1.165) is 37.8 Å². The summed E-state index contributed by atoms with van der Waals surface area (Å²) < 4.78 is 32.5. The van der Waals surface area contributed by atoms with E-state index < -0.39 is 18.1 Å². The van der Waals surface area contributed by atoms with Crippen molar-refractivity contribution in [1.29, 1.82) is 0 Å². The Morgan fingerprint density at radius 1 is 0.556 bits per heavy atom. The monoisotopic (exact) mass is 1020 g/mol. The quantitative estimate of drug-likeness (QED) is 0.0472. The van der Waals surface area contributed by atoms with Gasteiger partial charge in [0.1, 0.15) is 31.4 Å². The predicted molar refractivity (Wildman–Crippen MR) is 273 cm³/mol. The average molecular weight is 1030 g/mol. The zero-order valence-corrected chi connectivity index (χ0v) is 43.7. The van der Waals surface area contributed by atoms with Gasteiger partial charge in [0.2, 0.25) is 11.8 Å². The lowest BCUT2D eigenvalue weighted by molar-refractivity contribution is -0.137. The zero-order chi connectivity index (χ0) is 52.5. The Morgan fingerprint density at radius 3 is 1.56 bits per heavy atom. The number of carbonyl (C=O) groups is 7. The molecule has 0 aliphatic rings. The molecule has 2 atom stereocenters. The summed E-state index contributed by atoms with van der Waals surface area (Å²) in [5, 5.41) is 17.2. The van der Waals surface area contributed by atoms with Crippen LogP contribution in [0, 0.1) is 0 Å². The van der Waals surface area contributed by atoms with Crippen LogP contribution in [0.15, 0.2) is 12.5 Å². The largest absolute Gasteiger partial charge is 0.481 e. The Labute approximate surface area is 428 Å². The number of rotatable bonds is 55. The topological polar surface area (TPSA) is 286 Å². The van der Waals surface area contributed by atoms with Crippen LogP contribution in [0.2, 0.25) is 0 Å². The van der Waals surface area contributed by atoms with E-state index in [9.17, 15) is 33.6 Å². The molecule has 1 aromatic heterocycles. The summed E-state index contributed by atoms with van der Waals surface area (Å²) in [6.07, 6.45) is 24.6. The molecule has 1 aromatic rings. The van der Waals surface area contributed by atoms with Crippen LogP contribution in [0.1, 0.15) is 160 Å². The van der Waals surface area contributed by atoms with E-state index in [1.165, 1.54) is 71.0 Å². The van der Waals surface area contributed by atoms with Crippen LogP contribution in [0.25, 0.3) is 0 Å². The normalized spacial score (nSPS) is 12.1. The second-order valence-corrected chi connectivity index (χ2v) is 18.2. The molecule has 72 heavy (non-hydrogen) atoms. The number of nitrogens with zero attached hydrogens (tertiary/aromatic N) is 1. The molecule has 0 aliphatic heterocycles. The highest BCUT2D eigenvalue weighted by atomic mass is 16.5. The molecule has 0 saturated carbocycles. The Bertz CT molecular complexity index is 1550. The Kier molecular flexibility index (Phi) is 44.0. The van der Waals surface area contributed by atoms with Gasteiger partial charge in [0.05, 0.1) is 71.2 Å². The summed E-state index contributed by atoms with van der Waals surface area (Å²) in [5.74, 6) is -1.24. The predicted octanol–water partition coefficient (Wildman–Crippen LogP) is 4.92. The number of Topliss-reactive ketones (excluding diaryl/α,β-unsaturated/α-hetero) is 4. The second-order valence-electron chi connectivity index (χ2n) is 18.2. The fraction of sp³-hybridized carbons (Fsp3) is 0.808. The maximum absolute atomic E-state index is 12.4. The molecule has 0 radical (unpaired) electrons. The molecule has 0 spiro atoms. The average Bonchev–Trinajstić information content (AvgIpc) is 3.87. The van der Waals surface area contributed by atoms with E-state index >= 15 is 0 Å². The van der Waals surface area contributed by atoms with Crippen molar-refractivity contribution < 1.29 is 67.1 Å². The number of H-pyrrole nitrogens is 1. The van der Waals surface area contributed by atoms with Crippen LogP contribution in [0.3, 0.4) is 0 Å². The van der Waals surface area contributed by atoms with Gasteiger partial charge < -0.3 is 60.2 Å². The summed E-state index contributed by atoms with van der Waals surface area (Å²) in [6, 6.07) is -1.17. The van der Waals surface area contributed by atoms with Crippen LogP contribution < -0.4 is 21.7 Å². The molecule has 1 rings (SSSR count). The number of hydrogen-bond donors (Lipinski definition) is 6. The number of aromatic amines is 1. The summed E-state index contributed by atoms with van der Waals surface area (Å²) in [6.45, 7) is 4.81. The number of aromatic nitrogens is 2. The molecule has 0 unspecified atom stereocenters. The molecule has 7 N–H and O–H groups in total. The second kappa shape index (κ2) is 48.0. The van der Waals surface area contributed by atoms with E-state index in [0.29, 0.717) is 104 Å². The van der Waals surface area contributed by atoms with Gasteiger partial charge in [0.25, 0.3) is 0 Å². The van der Waals surface area contributed by atoms with Crippen LogP contribution in [0.5, 0.6) is 0 Å². The van der Waals surface area contributed by atoms with Crippen molar-refractivity contribution in [2.24, 2.45) is 5.73 Å². The first-order valence-corrected chi connectivity index (χ1v) is 26.7. The van der Waals surface area contributed by atoms with Crippen LogP contribution in [-0.2, 0) is 68.4 Å². The van der Waals surface area contributed by atoms with E-state index in [2.05, 4.69) is 25.9 Å². The van der Waals surface area contributed by atoms with Crippen molar-refractivity contribution in [2.45, 2.75) is 173 Å². The minimum Gasteiger partial charge on any atom is -0.481 e. The summed E-state index contributed by atoms with van der Waals surface area (Å²) in [5.41, 5.74) is 6.74. The zero-order valence-electron chi connectivity index (χ0n) is 43.7. The third-order valence-corrected chi connectivity index (χ3v) is 11.7. The molecule has 414 valence electrons. The van der Waals surface area contributed by atoms with Gasteiger partial charge in [-0.2, -0.15) is 0 Å². The number of carboxylic acids is 1. The summed E-state index contributed by atoms with van der Waals surface area (Å²) in [4.78, 5) is 90.1. The number of imidazole rings is 1. The van der Waals surface area contributed by atoms with Gasteiger partial charge >= 0.3 is 5.97 Å². The fourth-order valence-corrected chi connectivity index (χ4v) is 7.45. The van der Waals surface area contributed by atoms with Crippen molar-refractivity contribution in [3.63, 3.8) is 0 Å². The number of ketones is 4. The van der Waals surface area contributed by atoms with E-state index in [1.54, 1.807) is 6.20 Å². The number of ether oxygens (including phenoxy) is 6. The molecular formula is C52H92N6O14. The SMILES string of the molecule is CC(=O)[C@H](CCCCNC(=O)COCCOCCCC(=O)COCCOCCNC(=O)COCCOCCCC(=O)CCCCCCCCCCCCCCCCC(=O)O)NCC(=O)[C@@H](N)Cc1cnc[nH]1. The van der Waals surface area contributed by atoms with Gasteiger partial charge in [0, 0.05) is 70.3 Å². The highest BCUT2D eigenvalue weighted by Gasteiger charge is 2.19. The number of hydrogen-bond acceptors (Lipinski definition) is 16. The van der Waals surface area contributed by atoms with Crippen molar-refractivity contribution in [3.8, 4) is 0 Å². The molecule has 0 aromatic carbocycles. The maximum atomic E-state index is 12.4. The molecule has 0 fully saturated rings. The fourth-order valence-electron chi connectivity index (χ4n) is 7.45. The molecule has 20 heteroatoms. The molecule has 20 nitrogen and oxygen atoms in total. The van der Waals surface area contributed by atoms with Crippen molar-refractivity contribution >= 4 is 40.9 Å². The number of nitrogens with two attached hydrogens (primary N) is 1. The van der Waals surface area contributed by atoms with Gasteiger partial charge in [-0.1, -0.05) is 77.0 Å². The van der Waals surface area contributed by atoms with Crippen LogP contribution >= 0.6 is 0 Å². The van der Waals surface area contributed by atoms with Crippen molar-refractivity contribution in [3.05, 3.63) is 18.2 Å². The molecule has 0 bridgehead atoms. The Morgan fingerprint density at radius 2 is 1.03 bits per heavy atom. The van der Waals surface area contributed by atoms with Crippen molar-refractivity contribution in [1.82, 2.24) is 25.9 Å². The van der Waals surface area contributed by atoms with Crippen LogP contribution in [0.4, 0.5) is 0 Å². The van der Waals surface area contributed by atoms with Gasteiger partial charge in [-0.25, -0.2) is 4.98 Å². The number of unbranched alkanes of at least 4 members (excludes halogenated alkanes) is 14. The van der Waals surface area contributed by atoms with E-state index in [-0.39, 0.29) is 94.3 Å². The lowest BCUT2D eigenvalue weighted by atomic mass is 10.0. The summed E-state index contributed by atoms with van der Waals surface area (Å²) >= 11 is 0. The highest BCUT2D eigenvalue weighted by Crippen LogP contribution is 2.14. The molecule has 2 amide bonds. The third kappa shape index (κ3) is 43.6. The van der Waals surface area contributed by atoms with Crippen LogP contribution in [-0.4, -0.2) is 167 Å². The van der Waals surface area contributed by atoms with Gasteiger partial charge in [-0.05, 0) is 51.9 Å². The first-order chi connectivity index (χ1) is 35.0. The molecule has 1 heterocycles.